The Morgan fingerprint density at radius 3 is 2.76 bits per heavy atom. The molecule has 92 valence electrons. The summed E-state index contributed by atoms with van der Waals surface area (Å²) < 4.78 is 0.946. The van der Waals surface area contributed by atoms with E-state index in [2.05, 4.69) is 15.9 Å². The molecule has 17 heavy (non-hydrogen) atoms. The molecule has 0 fully saturated rings. The van der Waals surface area contributed by atoms with Gasteiger partial charge in [0.2, 0.25) is 5.91 Å². The molecule has 1 N–H and O–H groups in total. The third-order valence-electron chi connectivity index (χ3n) is 2.58. The van der Waals surface area contributed by atoms with Gasteiger partial charge in [-0.2, -0.15) is 0 Å². The first kappa shape index (κ1) is 13.9. The van der Waals surface area contributed by atoms with Crippen LogP contribution < -0.4 is 0 Å². The maximum Gasteiger partial charge on any atom is 0.246 e. The standard InChI is InChI=1S/C13H16BrNO2/c1-10(9-16)15(2)13(17)8-7-11-5-3-4-6-12(11)14/h3-8,10,16H,9H2,1-2H3/b8-7+/t10-/m1/s1. The summed E-state index contributed by atoms with van der Waals surface area (Å²) in [5, 5.41) is 8.96. The van der Waals surface area contributed by atoms with E-state index in [0.29, 0.717) is 0 Å². The van der Waals surface area contributed by atoms with Crippen LogP contribution >= 0.6 is 15.9 Å². The second kappa shape index (κ2) is 6.57. The minimum Gasteiger partial charge on any atom is -0.394 e. The van der Waals surface area contributed by atoms with E-state index >= 15 is 0 Å². The Morgan fingerprint density at radius 2 is 2.18 bits per heavy atom. The van der Waals surface area contributed by atoms with Gasteiger partial charge in [0.05, 0.1) is 12.6 Å². The fourth-order valence-corrected chi connectivity index (χ4v) is 1.65. The minimum absolute atomic E-state index is 0.0366. The number of likely N-dealkylation sites (N-methyl/N-ethyl adjacent to an activating group) is 1. The van der Waals surface area contributed by atoms with Gasteiger partial charge in [-0.05, 0) is 24.6 Å². The molecule has 0 saturated carbocycles. The van der Waals surface area contributed by atoms with Crippen molar-refractivity contribution in [3.05, 3.63) is 40.4 Å². The number of halogens is 1. The van der Waals surface area contributed by atoms with Gasteiger partial charge >= 0.3 is 0 Å². The van der Waals surface area contributed by atoms with Crippen LogP contribution in [0.3, 0.4) is 0 Å². The number of rotatable bonds is 4. The van der Waals surface area contributed by atoms with Crippen LogP contribution in [0.4, 0.5) is 0 Å². The predicted molar refractivity (Wildman–Crippen MR) is 72.5 cm³/mol. The normalized spacial score (nSPS) is 12.7. The van der Waals surface area contributed by atoms with Crippen molar-refractivity contribution in [1.29, 1.82) is 0 Å². The Bertz CT molecular complexity index is 418. The molecule has 1 aromatic rings. The maximum absolute atomic E-state index is 11.7. The second-order valence-corrected chi connectivity index (χ2v) is 4.69. The second-order valence-electron chi connectivity index (χ2n) is 3.84. The Balaban J connectivity index is 2.72. The van der Waals surface area contributed by atoms with Crippen LogP contribution in [0.15, 0.2) is 34.8 Å². The van der Waals surface area contributed by atoms with Crippen LogP contribution in [-0.4, -0.2) is 35.6 Å². The summed E-state index contributed by atoms with van der Waals surface area (Å²) in [6.45, 7) is 1.76. The zero-order valence-electron chi connectivity index (χ0n) is 9.93. The molecule has 0 radical (unpaired) electrons. The number of carbonyl (C=O) groups is 1. The van der Waals surface area contributed by atoms with Crippen molar-refractivity contribution in [3.63, 3.8) is 0 Å². The van der Waals surface area contributed by atoms with E-state index in [1.807, 2.05) is 24.3 Å². The molecule has 0 heterocycles. The molecule has 1 rings (SSSR count). The van der Waals surface area contributed by atoms with E-state index in [1.54, 1.807) is 20.0 Å². The third-order valence-corrected chi connectivity index (χ3v) is 3.31. The average Bonchev–Trinajstić information content (AvgIpc) is 2.35. The lowest BCUT2D eigenvalue weighted by atomic mass is 10.2. The molecule has 0 aliphatic carbocycles. The molecule has 1 aromatic carbocycles. The van der Waals surface area contributed by atoms with E-state index in [0.717, 1.165) is 10.0 Å². The molecule has 3 nitrogen and oxygen atoms in total. The molecular formula is C13H16BrNO2. The van der Waals surface area contributed by atoms with Gasteiger partial charge in [0.1, 0.15) is 0 Å². The van der Waals surface area contributed by atoms with Crippen molar-refractivity contribution in [1.82, 2.24) is 4.90 Å². The van der Waals surface area contributed by atoms with Gasteiger partial charge in [-0.3, -0.25) is 4.79 Å². The molecule has 0 saturated heterocycles. The monoisotopic (exact) mass is 297 g/mol. The number of aliphatic hydroxyl groups is 1. The summed E-state index contributed by atoms with van der Waals surface area (Å²) in [6.07, 6.45) is 3.26. The summed E-state index contributed by atoms with van der Waals surface area (Å²) in [6, 6.07) is 7.50. The van der Waals surface area contributed by atoms with Crippen LogP contribution in [0.2, 0.25) is 0 Å². The van der Waals surface area contributed by atoms with Crippen LogP contribution in [0.5, 0.6) is 0 Å². The highest BCUT2D eigenvalue weighted by molar-refractivity contribution is 9.10. The highest BCUT2D eigenvalue weighted by atomic mass is 79.9. The van der Waals surface area contributed by atoms with Gasteiger partial charge in [-0.15, -0.1) is 0 Å². The lowest BCUT2D eigenvalue weighted by Gasteiger charge is -2.21. The topological polar surface area (TPSA) is 40.5 Å². The fraction of sp³-hybridized carbons (Fsp3) is 0.308. The van der Waals surface area contributed by atoms with Crippen LogP contribution in [-0.2, 0) is 4.79 Å². The average molecular weight is 298 g/mol. The van der Waals surface area contributed by atoms with Gasteiger partial charge < -0.3 is 10.0 Å². The summed E-state index contributed by atoms with van der Waals surface area (Å²) in [4.78, 5) is 13.2. The molecule has 0 spiro atoms. The molecule has 0 aliphatic heterocycles. The predicted octanol–water partition coefficient (Wildman–Crippen LogP) is 2.30. The van der Waals surface area contributed by atoms with E-state index in [4.69, 9.17) is 5.11 Å². The first-order valence-electron chi connectivity index (χ1n) is 5.36. The van der Waals surface area contributed by atoms with E-state index < -0.39 is 0 Å². The van der Waals surface area contributed by atoms with Crippen molar-refractivity contribution < 1.29 is 9.90 Å². The number of hydrogen-bond donors (Lipinski definition) is 1. The van der Waals surface area contributed by atoms with Crippen molar-refractivity contribution in [2.24, 2.45) is 0 Å². The van der Waals surface area contributed by atoms with Gasteiger partial charge in [0, 0.05) is 17.6 Å². The molecule has 4 heteroatoms. The van der Waals surface area contributed by atoms with Gasteiger partial charge in [0.25, 0.3) is 0 Å². The Hall–Kier alpha value is -1.13. The SMILES string of the molecule is C[C@H](CO)N(C)C(=O)/C=C/c1ccccc1Br. The number of carbonyl (C=O) groups excluding carboxylic acids is 1. The third kappa shape index (κ3) is 3.98. The van der Waals surface area contributed by atoms with E-state index in [1.165, 1.54) is 11.0 Å². The first-order chi connectivity index (χ1) is 8.06. The summed E-state index contributed by atoms with van der Waals surface area (Å²) in [7, 11) is 1.67. The number of aliphatic hydroxyl groups excluding tert-OH is 1. The number of benzene rings is 1. The van der Waals surface area contributed by atoms with E-state index in [9.17, 15) is 4.79 Å². The number of amides is 1. The molecule has 0 aliphatic rings. The first-order valence-corrected chi connectivity index (χ1v) is 6.15. The fourth-order valence-electron chi connectivity index (χ4n) is 1.23. The summed E-state index contributed by atoms with van der Waals surface area (Å²) in [5.41, 5.74) is 0.950. The highest BCUT2D eigenvalue weighted by Crippen LogP contribution is 2.17. The Kier molecular flexibility index (Phi) is 5.38. The van der Waals surface area contributed by atoms with Crippen molar-refractivity contribution in [2.45, 2.75) is 13.0 Å². The zero-order valence-corrected chi connectivity index (χ0v) is 11.5. The summed E-state index contributed by atoms with van der Waals surface area (Å²) >= 11 is 3.41. The van der Waals surface area contributed by atoms with Crippen molar-refractivity contribution >= 4 is 27.9 Å². The molecule has 0 aromatic heterocycles. The van der Waals surface area contributed by atoms with Crippen molar-refractivity contribution in [3.8, 4) is 0 Å². The smallest absolute Gasteiger partial charge is 0.246 e. The van der Waals surface area contributed by atoms with Crippen LogP contribution in [0.1, 0.15) is 12.5 Å². The highest BCUT2D eigenvalue weighted by Gasteiger charge is 2.11. The molecule has 0 unspecified atom stereocenters. The molecular weight excluding hydrogens is 282 g/mol. The maximum atomic E-state index is 11.7. The number of hydrogen-bond acceptors (Lipinski definition) is 2. The molecule has 0 bridgehead atoms. The lowest BCUT2D eigenvalue weighted by Crippen LogP contribution is -2.36. The molecule has 1 amide bonds. The number of nitrogens with zero attached hydrogens (tertiary/aromatic N) is 1. The largest absolute Gasteiger partial charge is 0.394 e. The Labute approximate surface area is 110 Å². The minimum atomic E-state index is -0.175. The van der Waals surface area contributed by atoms with Crippen molar-refractivity contribution in [2.75, 3.05) is 13.7 Å². The van der Waals surface area contributed by atoms with Gasteiger partial charge in [0.15, 0.2) is 0 Å². The van der Waals surface area contributed by atoms with E-state index in [-0.39, 0.29) is 18.6 Å². The lowest BCUT2D eigenvalue weighted by molar-refractivity contribution is -0.127. The van der Waals surface area contributed by atoms with Crippen LogP contribution in [0, 0.1) is 0 Å². The van der Waals surface area contributed by atoms with Gasteiger partial charge in [-0.1, -0.05) is 34.1 Å². The Morgan fingerprint density at radius 1 is 1.53 bits per heavy atom. The quantitative estimate of drug-likeness (QED) is 0.867. The van der Waals surface area contributed by atoms with Crippen LogP contribution in [0.25, 0.3) is 6.08 Å². The summed E-state index contributed by atoms with van der Waals surface area (Å²) in [5.74, 6) is -0.123. The zero-order chi connectivity index (χ0) is 12.8. The molecule has 1 atom stereocenters. The van der Waals surface area contributed by atoms with Gasteiger partial charge in [-0.25, -0.2) is 0 Å².